The Morgan fingerprint density at radius 2 is 2.30 bits per heavy atom. The number of rotatable bonds is 5. The third-order valence-electron chi connectivity index (χ3n) is 4.33. The Morgan fingerprint density at radius 1 is 1.43 bits per heavy atom. The third-order valence-corrected chi connectivity index (χ3v) is 4.33. The fraction of sp³-hybridized carbons (Fsp3) is 0.471. The number of aryl methyl sites for hydroxylation is 1. The van der Waals surface area contributed by atoms with Crippen molar-refractivity contribution in [2.24, 2.45) is 7.05 Å². The molecule has 1 amide bonds. The standard InChI is InChI=1S/C17H23N5O/c1-13(23)19-9-14-5-3-6-16(20-14)17-7-4-8-22(17)11-15-10-18-12-21(15)2/h3,5-6,10,12,17H,4,7-9,11H2,1-2H3,(H,19,23)/t17-/m1/s1. The quantitative estimate of drug-likeness (QED) is 0.914. The molecule has 0 unspecified atom stereocenters. The van der Waals surface area contributed by atoms with Crippen LogP contribution in [-0.4, -0.2) is 31.9 Å². The maximum atomic E-state index is 11.1. The zero-order valence-corrected chi connectivity index (χ0v) is 13.7. The Bertz CT molecular complexity index is 681. The molecule has 1 aliphatic heterocycles. The van der Waals surface area contributed by atoms with Gasteiger partial charge in [0.05, 0.1) is 36.0 Å². The van der Waals surface area contributed by atoms with Crippen LogP contribution in [0.5, 0.6) is 0 Å². The van der Waals surface area contributed by atoms with Crippen molar-refractivity contribution in [1.29, 1.82) is 0 Å². The highest BCUT2D eigenvalue weighted by Gasteiger charge is 2.27. The van der Waals surface area contributed by atoms with Crippen LogP contribution < -0.4 is 5.32 Å². The van der Waals surface area contributed by atoms with E-state index in [9.17, 15) is 4.79 Å². The summed E-state index contributed by atoms with van der Waals surface area (Å²) < 4.78 is 2.07. The number of likely N-dealkylation sites (tertiary alicyclic amines) is 1. The molecular weight excluding hydrogens is 290 g/mol. The van der Waals surface area contributed by atoms with Crippen molar-refractivity contribution in [2.45, 2.75) is 38.9 Å². The van der Waals surface area contributed by atoms with Gasteiger partial charge in [0.2, 0.25) is 5.91 Å². The van der Waals surface area contributed by atoms with Crippen LogP contribution in [-0.2, 0) is 24.9 Å². The van der Waals surface area contributed by atoms with Crippen molar-refractivity contribution in [3.63, 3.8) is 0 Å². The smallest absolute Gasteiger partial charge is 0.217 e. The van der Waals surface area contributed by atoms with Gasteiger partial charge in [-0.15, -0.1) is 0 Å². The molecule has 0 aliphatic carbocycles. The number of nitrogens with one attached hydrogen (secondary N) is 1. The molecule has 3 heterocycles. The second-order valence-electron chi connectivity index (χ2n) is 6.09. The van der Waals surface area contributed by atoms with Crippen LogP contribution in [0.4, 0.5) is 0 Å². The number of amides is 1. The van der Waals surface area contributed by atoms with Gasteiger partial charge in [0.15, 0.2) is 0 Å². The van der Waals surface area contributed by atoms with Crippen molar-refractivity contribution >= 4 is 5.91 Å². The molecule has 6 nitrogen and oxygen atoms in total. The van der Waals surface area contributed by atoms with Gasteiger partial charge in [-0.2, -0.15) is 0 Å². The molecule has 0 bridgehead atoms. The number of carbonyl (C=O) groups is 1. The highest BCUT2D eigenvalue weighted by molar-refractivity contribution is 5.72. The van der Waals surface area contributed by atoms with E-state index in [1.165, 1.54) is 19.0 Å². The summed E-state index contributed by atoms with van der Waals surface area (Å²) in [4.78, 5) is 22.5. The average molecular weight is 313 g/mol. The minimum atomic E-state index is -0.0316. The molecule has 2 aromatic rings. The molecule has 0 saturated carbocycles. The van der Waals surface area contributed by atoms with Crippen molar-refractivity contribution in [3.8, 4) is 0 Å². The van der Waals surface area contributed by atoms with Gasteiger partial charge in [0.1, 0.15) is 0 Å². The number of aromatic nitrogens is 3. The van der Waals surface area contributed by atoms with Gasteiger partial charge in [0, 0.05) is 26.7 Å². The number of hydrogen-bond donors (Lipinski definition) is 1. The second-order valence-corrected chi connectivity index (χ2v) is 6.09. The fourth-order valence-electron chi connectivity index (χ4n) is 3.09. The van der Waals surface area contributed by atoms with Crippen molar-refractivity contribution in [2.75, 3.05) is 6.54 Å². The van der Waals surface area contributed by atoms with Gasteiger partial charge < -0.3 is 9.88 Å². The third kappa shape index (κ3) is 3.76. The molecule has 1 N–H and O–H groups in total. The predicted octanol–water partition coefficient (Wildman–Crippen LogP) is 1.79. The van der Waals surface area contributed by atoms with E-state index in [0.29, 0.717) is 12.6 Å². The summed E-state index contributed by atoms with van der Waals surface area (Å²) in [5, 5.41) is 2.81. The van der Waals surface area contributed by atoms with E-state index in [4.69, 9.17) is 4.98 Å². The molecule has 0 radical (unpaired) electrons. The number of pyridine rings is 1. The highest BCUT2D eigenvalue weighted by Crippen LogP contribution is 2.32. The van der Waals surface area contributed by atoms with Gasteiger partial charge in [-0.05, 0) is 31.5 Å². The van der Waals surface area contributed by atoms with Crippen LogP contribution in [0.2, 0.25) is 0 Å². The van der Waals surface area contributed by atoms with Crippen LogP contribution in [0.25, 0.3) is 0 Å². The lowest BCUT2D eigenvalue weighted by Gasteiger charge is -2.24. The summed E-state index contributed by atoms with van der Waals surface area (Å²) in [6.07, 6.45) is 6.07. The largest absolute Gasteiger partial charge is 0.351 e. The minimum Gasteiger partial charge on any atom is -0.351 e. The molecule has 2 aromatic heterocycles. The van der Waals surface area contributed by atoms with E-state index < -0.39 is 0 Å². The Balaban J connectivity index is 1.73. The van der Waals surface area contributed by atoms with Crippen molar-refractivity contribution in [1.82, 2.24) is 24.8 Å². The topological polar surface area (TPSA) is 63.1 Å². The average Bonchev–Trinajstić information content (AvgIpc) is 3.16. The summed E-state index contributed by atoms with van der Waals surface area (Å²) >= 11 is 0. The van der Waals surface area contributed by atoms with Crippen LogP contribution >= 0.6 is 0 Å². The van der Waals surface area contributed by atoms with E-state index in [1.54, 1.807) is 0 Å². The first kappa shape index (κ1) is 15.7. The molecule has 6 heteroatoms. The lowest BCUT2D eigenvalue weighted by Crippen LogP contribution is -2.25. The maximum Gasteiger partial charge on any atom is 0.217 e. The van der Waals surface area contributed by atoms with Gasteiger partial charge in [0.25, 0.3) is 0 Å². The minimum absolute atomic E-state index is 0.0316. The number of carbonyl (C=O) groups excluding carboxylic acids is 1. The van der Waals surface area contributed by atoms with Gasteiger partial charge in [-0.1, -0.05) is 6.07 Å². The molecule has 0 spiro atoms. The number of nitrogens with zero attached hydrogens (tertiary/aromatic N) is 4. The molecule has 0 aromatic carbocycles. The van der Waals surface area contributed by atoms with Crippen LogP contribution in [0.15, 0.2) is 30.7 Å². The van der Waals surface area contributed by atoms with E-state index in [0.717, 1.165) is 30.9 Å². The van der Waals surface area contributed by atoms with E-state index in [2.05, 4.69) is 25.8 Å². The second kappa shape index (κ2) is 6.91. The first-order valence-electron chi connectivity index (χ1n) is 8.03. The Labute approximate surface area is 136 Å². The normalized spacial score (nSPS) is 18.3. The van der Waals surface area contributed by atoms with Crippen LogP contribution in [0, 0.1) is 0 Å². The predicted molar refractivity (Wildman–Crippen MR) is 87.4 cm³/mol. The monoisotopic (exact) mass is 313 g/mol. The summed E-state index contributed by atoms with van der Waals surface area (Å²) in [7, 11) is 2.03. The molecular formula is C17H23N5O. The summed E-state index contributed by atoms with van der Waals surface area (Å²) in [6.45, 7) is 3.97. The number of imidazole rings is 1. The number of hydrogen-bond acceptors (Lipinski definition) is 4. The lowest BCUT2D eigenvalue weighted by atomic mass is 10.1. The summed E-state index contributed by atoms with van der Waals surface area (Å²) in [5.41, 5.74) is 3.21. The molecule has 3 rings (SSSR count). The zero-order chi connectivity index (χ0) is 16.2. The SMILES string of the molecule is CC(=O)NCc1cccc([C@H]2CCCN2Cc2cncn2C)n1. The van der Waals surface area contributed by atoms with Gasteiger partial charge in [-0.25, -0.2) is 4.98 Å². The van der Waals surface area contributed by atoms with Gasteiger partial charge in [-0.3, -0.25) is 14.7 Å². The molecule has 1 saturated heterocycles. The van der Waals surface area contributed by atoms with Crippen molar-refractivity contribution < 1.29 is 4.79 Å². The zero-order valence-electron chi connectivity index (χ0n) is 13.7. The van der Waals surface area contributed by atoms with Crippen LogP contribution in [0.1, 0.15) is 42.9 Å². The lowest BCUT2D eigenvalue weighted by molar-refractivity contribution is -0.119. The Hall–Kier alpha value is -2.21. The first-order chi connectivity index (χ1) is 11.1. The molecule has 1 atom stereocenters. The first-order valence-corrected chi connectivity index (χ1v) is 8.03. The van der Waals surface area contributed by atoms with Gasteiger partial charge >= 0.3 is 0 Å². The van der Waals surface area contributed by atoms with E-state index >= 15 is 0 Å². The summed E-state index contributed by atoms with van der Waals surface area (Å²) in [5.74, 6) is -0.0316. The van der Waals surface area contributed by atoms with Crippen molar-refractivity contribution in [3.05, 3.63) is 47.8 Å². The fourth-order valence-corrected chi connectivity index (χ4v) is 3.09. The molecule has 1 aliphatic rings. The Morgan fingerprint density at radius 3 is 3.04 bits per heavy atom. The molecule has 23 heavy (non-hydrogen) atoms. The molecule has 1 fully saturated rings. The van der Waals surface area contributed by atoms with E-state index in [1.807, 2.05) is 31.7 Å². The Kier molecular flexibility index (Phi) is 4.71. The highest BCUT2D eigenvalue weighted by atomic mass is 16.1. The molecule has 122 valence electrons. The maximum absolute atomic E-state index is 11.1. The summed E-state index contributed by atoms with van der Waals surface area (Å²) in [6, 6.07) is 6.41. The van der Waals surface area contributed by atoms with Crippen LogP contribution in [0.3, 0.4) is 0 Å². The van der Waals surface area contributed by atoms with E-state index in [-0.39, 0.29) is 5.91 Å².